The predicted molar refractivity (Wildman–Crippen MR) is 118 cm³/mol. The summed E-state index contributed by atoms with van der Waals surface area (Å²) in [6.45, 7) is 0. The topological polar surface area (TPSA) is 82.3 Å². The van der Waals surface area contributed by atoms with Crippen molar-refractivity contribution in [2.75, 3.05) is 7.11 Å². The summed E-state index contributed by atoms with van der Waals surface area (Å²) in [4.78, 5) is 33.2. The van der Waals surface area contributed by atoms with Gasteiger partial charge in [-0.1, -0.05) is 54.6 Å². The number of ketones is 1. The van der Waals surface area contributed by atoms with Crippen LogP contribution in [0, 0.1) is 5.92 Å². The second-order valence-electron chi connectivity index (χ2n) is 7.75. The molecule has 1 unspecified atom stereocenters. The number of methoxy groups -OCH3 is 1. The number of carbonyl (C=O) groups excluding carboxylic acids is 2. The van der Waals surface area contributed by atoms with E-state index < -0.39 is 5.97 Å². The Labute approximate surface area is 184 Å². The van der Waals surface area contributed by atoms with E-state index in [-0.39, 0.29) is 23.3 Å². The van der Waals surface area contributed by atoms with Crippen LogP contribution in [0.3, 0.4) is 0 Å². The third kappa shape index (κ3) is 3.71. The van der Waals surface area contributed by atoms with Crippen molar-refractivity contribution in [2.45, 2.75) is 12.8 Å². The first-order valence-electron chi connectivity index (χ1n) is 10.4. The van der Waals surface area contributed by atoms with E-state index in [1.165, 1.54) is 24.4 Å². The molecule has 0 aliphatic heterocycles. The number of hydrogen-bond donors (Lipinski definition) is 0. The number of rotatable bonds is 5. The molecule has 2 aromatic carbocycles. The van der Waals surface area contributed by atoms with Gasteiger partial charge in [-0.2, -0.15) is 0 Å². The van der Waals surface area contributed by atoms with Crippen LogP contribution in [0.1, 0.15) is 32.3 Å². The van der Waals surface area contributed by atoms with Gasteiger partial charge < -0.3 is 9.15 Å². The number of hydrogen-bond acceptors (Lipinski definition) is 6. The van der Waals surface area contributed by atoms with Gasteiger partial charge in [0.2, 0.25) is 5.78 Å². The molecule has 32 heavy (non-hydrogen) atoms. The minimum Gasteiger partial charge on any atom is -0.464 e. The first kappa shape index (κ1) is 19.9. The molecule has 0 fully saturated rings. The van der Waals surface area contributed by atoms with E-state index in [0.29, 0.717) is 24.3 Å². The van der Waals surface area contributed by atoms with E-state index in [1.807, 2.05) is 18.2 Å². The summed E-state index contributed by atoms with van der Waals surface area (Å²) >= 11 is 0. The summed E-state index contributed by atoms with van der Waals surface area (Å²) in [5.41, 5.74) is 5.25. The van der Waals surface area contributed by atoms with Crippen molar-refractivity contribution in [3.63, 3.8) is 0 Å². The molecule has 1 aliphatic rings. The van der Waals surface area contributed by atoms with Gasteiger partial charge in [-0.25, -0.2) is 14.8 Å². The van der Waals surface area contributed by atoms with E-state index in [1.54, 1.807) is 18.2 Å². The highest BCUT2D eigenvalue weighted by molar-refractivity contribution is 5.95. The van der Waals surface area contributed by atoms with Crippen molar-refractivity contribution >= 4 is 11.8 Å². The van der Waals surface area contributed by atoms with Crippen LogP contribution in [0.2, 0.25) is 0 Å². The van der Waals surface area contributed by atoms with Crippen LogP contribution in [-0.4, -0.2) is 28.8 Å². The SMILES string of the molecule is COC(=O)c1cccc(-c2cnc(C(=O)C3Cc4ccc(-c5ccccc5)cc4C3)o2)n1. The first-order valence-corrected chi connectivity index (χ1v) is 10.4. The summed E-state index contributed by atoms with van der Waals surface area (Å²) in [6.07, 6.45) is 2.78. The Hall–Kier alpha value is -4.06. The monoisotopic (exact) mass is 424 g/mol. The minimum absolute atomic E-state index is 0.0614. The van der Waals surface area contributed by atoms with E-state index in [0.717, 1.165) is 11.1 Å². The fourth-order valence-electron chi connectivity index (χ4n) is 4.08. The van der Waals surface area contributed by atoms with Gasteiger partial charge in [0.1, 0.15) is 11.4 Å². The smallest absolute Gasteiger partial charge is 0.356 e. The molecule has 0 amide bonds. The van der Waals surface area contributed by atoms with Crippen LogP contribution in [0.25, 0.3) is 22.6 Å². The molecule has 6 heteroatoms. The van der Waals surface area contributed by atoms with Crippen molar-refractivity contribution < 1.29 is 18.7 Å². The Kier molecular flexibility index (Phi) is 5.11. The maximum Gasteiger partial charge on any atom is 0.356 e. The zero-order valence-electron chi connectivity index (χ0n) is 17.4. The number of pyridine rings is 1. The molecule has 2 heterocycles. The Morgan fingerprint density at radius 3 is 2.56 bits per heavy atom. The maximum atomic E-state index is 13.1. The van der Waals surface area contributed by atoms with Gasteiger partial charge in [-0.15, -0.1) is 0 Å². The lowest BCUT2D eigenvalue weighted by atomic mass is 10.00. The Morgan fingerprint density at radius 2 is 1.75 bits per heavy atom. The Bertz CT molecular complexity index is 1310. The molecule has 0 radical (unpaired) electrons. The van der Waals surface area contributed by atoms with Crippen molar-refractivity contribution in [3.05, 3.63) is 95.6 Å². The van der Waals surface area contributed by atoms with Gasteiger partial charge in [-0.05, 0) is 47.2 Å². The molecule has 0 saturated heterocycles. The zero-order chi connectivity index (χ0) is 22.1. The molecule has 0 N–H and O–H groups in total. The van der Waals surface area contributed by atoms with Crippen LogP contribution in [-0.2, 0) is 17.6 Å². The molecule has 6 nitrogen and oxygen atoms in total. The summed E-state index contributed by atoms with van der Waals surface area (Å²) in [5, 5.41) is 0. The number of fused-ring (bicyclic) bond motifs is 1. The van der Waals surface area contributed by atoms with Crippen LogP contribution in [0.4, 0.5) is 0 Å². The van der Waals surface area contributed by atoms with E-state index in [2.05, 4.69) is 40.3 Å². The fourth-order valence-corrected chi connectivity index (χ4v) is 4.08. The molecule has 4 aromatic rings. The molecule has 158 valence electrons. The van der Waals surface area contributed by atoms with Gasteiger partial charge in [0, 0.05) is 5.92 Å². The number of esters is 1. The van der Waals surface area contributed by atoms with Gasteiger partial charge in [0.05, 0.1) is 13.3 Å². The molecule has 2 aromatic heterocycles. The number of nitrogens with zero attached hydrogens (tertiary/aromatic N) is 2. The molecule has 1 aliphatic carbocycles. The number of ether oxygens (including phenoxy) is 1. The summed E-state index contributed by atoms with van der Waals surface area (Å²) < 4.78 is 10.4. The zero-order valence-corrected chi connectivity index (χ0v) is 17.4. The fraction of sp³-hybridized carbons (Fsp3) is 0.154. The van der Waals surface area contributed by atoms with Crippen molar-refractivity contribution in [2.24, 2.45) is 5.92 Å². The van der Waals surface area contributed by atoms with Gasteiger partial charge in [0.15, 0.2) is 5.76 Å². The number of Topliss-reactive ketones (excluding diaryl/α,β-unsaturated/α-hetero) is 1. The maximum absolute atomic E-state index is 13.1. The van der Waals surface area contributed by atoms with Crippen LogP contribution in [0.15, 0.2) is 77.3 Å². The third-order valence-electron chi connectivity index (χ3n) is 5.73. The molecule has 5 rings (SSSR count). The Morgan fingerprint density at radius 1 is 0.938 bits per heavy atom. The van der Waals surface area contributed by atoms with Crippen molar-refractivity contribution in [3.8, 4) is 22.6 Å². The van der Waals surface area contributed by atoms with Crippen LogP contribution in [0.5, 0.6) is 0 Å². The molecule has 1 atom stereocenters. The normalized spacial score (nSPS) is 14.7. The van der Waals surface area contributed by atoms with E-state index in [4.69, 9.17) is 9.15 Å². The average molecular weight is 424 g/mol. The Balaban J connectivity index is 1.34. The highest BCUT2D eigenvalue weighted by atomic mass is 16.5. The molecule has 0 spiro atoms. The predicted octanol–water partition coefficient (Wildman–Crippen LogP) is 4.79. The average Bonchev–Trinajstić information content (AvgIpc) is 3.51. The molecule has 0 bridgehead atoms. The van der Waals surface area contributed by atoms with Crippen molar-refractivity contribution in [1.82, 2.24) is 9.97 Å². The first-order chi connectivity index (χ1) is 15.6. The molecular formula is C26H20N2O4. The number of aromatic nitrogens is 2. The number of oxazole rings is 1. The lowest BCUT2D eigenvalue weighted by Gasteiger charge is -2.05. The second kappa shape index (κ2) is 8.23. The highest BCUT2D eigenvalue weighted by Crippen LogP contribution is 2.33. The van der Waals surface area contributed by atoms with Gasteiger partial charge in [-0.3, -0.25) is 4.79 Å². The van der Waals surface area contributed by atoms with Gasteiger partial charge >= 0.3 is 5.97 Å². The largest absolute Gasteiger partial charge is 0.464 e. The lowest BCUT2D eigenvalue weighted by Crippen LogP contribution is -2.15. The van der Waals surface area contributed by atoms with E-state index in [9.17, 15) is 9.59 Å². The van der Waals surface area contributed by atoms with Crippen LogP contribution >= 0.6 is 0 Å². The molecular weight excluding hydrogens is 404 g/mol. The molecule has 0 saturated carbocycles. The van der Waals surface area contributed by atoms with Crippen LogP contribution < -0.4 is 0 Å². The van der Waals surface area contributed by atoms with Crippen molar-refractivity contribution in [1.29, 1.82) is 0 Å². The van der Waals surface area contributed by atoms with Gasteiger partial charge in [0.25, 0.3) is 5.89 Å². The highest BCUT2D eigenvalue weighted by Gasteiger charge is 2.31. The lowest BCUT2D eigenvalue weighted by molar-refractivity contribution is 0.0594. The summed E-state index contributed by atoms with van der Waals surface area (Å²) in [5.74, 6) is -0.483. The minimum atomic E-state index is -0.541. The third-order valence-corrected chi connectivity index (χ3v) is 5.73. The number of carbonyl (C=O) groups is 2. The van der Waals surface area contributed by atoms with E-state index >= 15 is 0 Å². The second-order valence-corrected chi connectivity index (χ2v) is 7.75. The summed E-state index contributed by atoms with van der Waals surface area (Å²) in [7, 11) is 1.30. The standard InChI is InChI=1S/C26H20N2O4/c1-31-26(30)22-9-5-8-21(28-22)23-15-27-25(32-23)24(29)20-13-18-11-10-17(12-19(18)14-20)16-6-3-2-4-7-16/h2-12,15,20H,13-14H2,1H3. The summed E-state index contributed by atoms with van der Waals surface area (Å²) in [6, 6.07) is 21.5. The number of benzene rings is 2. The quantitative estimate of drug-likeness (QED) is 0.338.